The molecule has 0 saturated heterocycles. The molecule has 0 aromatic heterocycles. The number of amides is 4. The van der Waals surface area contributed by atoms with Crippen LogP contribution < -0.4 is 21.3 Å². The maximum atomic E-state index is 13.3. The number of rotatable bonds is 19. The number of sulfone groups is 1. The number of hydrogen-bond acceptors (Lipinski definition) is 10. The molecule has 0 fully saturated rings. The molecule has 0 unspecified atom stereocenters. The second-order valence-electron chi connectivity index (χ2n) is 10.5. The van der Waals surface area contributed by atoms with Crippen molar-refractivity contribution in [3.63, 3.8) is 0 Å². The summed E-state index contributed by atoms with van der Waals surface area (Å²) in [6, 6.07) is 2.15. The fraction of sp³-hybridized carbons (Fsp3) is 0.464. The number of benzene rings is 1. The summed E-state index contributed by atoms with van der Waals surface area (Å²) in [5.74, 6) is -8.18. The molecule has 0 aliphatic heterocycles. The Morgan fingerprint density at radius 3 is 1.89 bits per heavy atom. The van der Waals surface area contributed by atoms with Crippen LogP contribution in [-0.2, 0) is 49.9 Å². The van der Waals surface area contributed by atoms with Crippen LogP contribution in [0.15, 0.2) is 40.8 Å². The number of halogens is 1. The van der Waals surface area contributed by atoms with Crippen LogP contribution in [0.25, 0.3) is 0 Å². The number of alkyl carbamates (subject to hydrolysis) is 1. The summed E-state index contributed by atoms with van der Waals surface area (Å²) in [6.07, 6.45) is -2.48. The van der Waals surface area contributed by atoms with E-state index in [1.807, 2.05) is 0 Å². The molecular weight excluding hydrogens is 668 g/mol. The van der Waals surface area contributed by atoms with Gasteiger partial charge in [0.25, 0.3) is 0 Å². The molecule has 260 valence electrons. The van der Waals surface area contributed by atoms with Crippen LogP contribution in [0, 0.1) is 5.92 Å². The third-order valence-electron chi connectivity index (χ3n) is 6.14. The van der Waals surface area contributed by atoms with Crippen LogP contribution in [0.1, 0.15) is 45.1 Å². The molecule has 0 heterocycles. The van der Waals surface area contributed by atoms with Crippen LogP contribution in [0.4, 0.5) is 4.79 Å². The van der Waals surface area contributed by atoms with E-state index in [0.29, 0.717) is 5.56 Å². The van der Waals surface area contributed by atoms with Gasteiger partial charge in [-0.3, -0.25) is 28.8 Å². The molecule has 4 amide bonds. The van der Waals surface area contributed by atoms with Crippen molar-refractivity contribution >= 4 is 63.2 Å². The van der Waals surface area contributed by atoms with Crippen LogP contribution in [0.3, 0.4) is 0 Å². The zero-order chi connectivity index (χ0) is 35.9. The first-order valence-electron chi connectivity index (χ1n) is 13.9. The molecule has 47 heavy (non-hydrogen) atoms. The highest BCUT2D eigenvalue weighted by atomic mass is 35.5. The summed E-state index contributed by atoms with van der Waals surface area (Å²) in [4.78, 5) is 85.8. The van der Waals surface area contributed by atoms with Crippen molar-refractivity contribution in [3.05, 3.63) is 46.3 Å². The van der Waals surface area contributed by atoms with E-state index in [-0.39, 0.29) is 6.61 Å². The van der Waals surface area contributed by atoms with E-state index in [2.05, 4.69) is 21.3 Å². The first kappa shape index (κ1) is 40.3. The number of nitrogens with one attached hydrogen (secondary N) is 4. The molecule has 0 aliphatic rings. The van der Waals surface area contributed by atoms with E-state index in [9.17, 15) is 57.3 Å². The lowest BCUT2D eigenvalue weighted by Gasteiger charge is -2.27. The van der Waals surface area contributed by atoms with Gasteiger partial charge in [-0.1, -0.05) is 55.8 Å². The van der Waals surface area contributed by atoms with Crippen molar-refractivity contribution < 1.29 is 62.0 Å². The second kappa shape index (κ2) is 19.1. The topological polar surface area (TPSA) is 272 Å². The van der Waals surface area contributed by atoms with Crippen molar-refractivity contribution in [1.29, 1.82) is 0 Å². The van der Waals surface area contributed by atoms with Gasteiger partial charge in [-0.05, 0) is 24.0 Å². The van der Waals surface area contributed by atoms with Gasteiger partial charge in [0.2, 0.25) is 17.7 Å². The van der Waals surface area contributed by atoms with E-state index >= 15 is 0 Å². The number of carbonyl (C=O) groups is 7. The fourth-order valence-corrected chi connectivity index (χ4v) is 4.35. The minimum atomic E-state index is -3.95. The number of ether oxygens (including phenoxy) is 1. The number of carboxylic acid groups (broad SMARTS) is 3. The van der Waals surface area contributed by atoms with E-state index in [0.717, 1.165) is 12.3 Å². The Morgan fingerprint density at radius 1 is 0.809 bits per heavy atom. The van der Waals surface area contributed by atoms with Crippen molar-refractivity contribution in [2.75, 3.05) is 6.26 Å². The van der Waals surface area contributed by atoms with Crippen LogP contribution in [-0.4, -0.2) is 95.9 Å². The molecule has 1 rings (SSSR count). The molecule has 0 saturated carbocycles. The van der Waals surface area contributed by atoms with Crippen molar-refractivity contribution in [2.24, 2.45) is 5.92 Å². The molecule has 1 aromatic carbocycles. The third kappa shape index (κ3) is 15.9. The Bertz CT molecular complexity index is 1450. The molecule has 0 bridgehead atoms. The van der Waals surface area contributed by atoms with Crippen molar-refractivity contribution in [3.8, 4) is 0 Å². The lowest BCUT2D eigenvalue weighted by molar-refractivity contribution is -0.141. The van der Waals surface area contributed by atoms with Crippen LogP contribution in [0.2, 0.25) is 0 Å². The van der Waals surface area contributed by atoms with Gasteiger partial charge in [-0.2, -0.15) is 0 Å². The van der Waals surface area contributed by atoms with Crippen LogP contribution in [0.5, 0.6) is 0 Å². The Kier molecular flexibility index (Phi) is 16.4. The summed E-state index contributed by atoms with van der Waals surface area (Å²) in [5.41, 5.74) is 0.597. The zero-order valence-corrected chi connectivity index (χ0v) is 27.2. The third-order valence-corrected chi connectivity index (χ3v) is 7.95. The smallest absolute Gasteiger partial charge is 0.408 e. The van der Waals surface area contributed by atoms with Gasteiger partial charge in [-0.25, -0.2) is 13.2 Å². The fourth-order valence-electron chi connectivity index (χ4n) is 3.78. The molecule has 1 aromatic rings. The number of carboxylic acids is 3. The Balaban J connectivity index is 3.16. The van der Waals surface area contributed by atoms with Gasteiger partial charge in [0.1, 0.15) is 29.1 Å². The summed E-state index contributed by atoms with van der Waals surface area (Å²) in [5, 5.41) is 36.6. The van der Waals surface area contributed by atoms with Gasteiger partial charge in [0.05, 0.1) is 18.9 Å². The summed E-state index contributed by atoms with van der Waals surface area (Å²) >= 11 is 5.73. The summed E-state index contributed by atoms with van der Waals surface area (Å²) < 4.78 is 27.7. The Hall–Kier alpha value is -4.71. The number of carbonyl (C=O) groups excluding carboxylic acids is 4. The minimum absolute atomic E-state index is 0.208. The SMILES string of the molecule is CC(C)[C@@H](NC(=O)[C@H](CCC(=O)O)NC(=O)[C@H](CC(=O)O)NC(=O)OCc1ccccc1)C(=O)N[C@H](/C=C(\Cl)S(C)(=O)=O)CC(=O)O. The maximum Gasteiger partial charge on any atom is 0.408 e. The highest BCUT2D eigenvalue weighted by Gasteiger charge is 2.33. The zero-order valence-electron chi connectivity index (χ0n) is 25.6. The van der Waals surface area contributed by atoms with Gasteiger partial charge in [0.15, 0.2) is 9.84 Å². The highest BCUT2D eigenvalue weighted by Crippen LogP contribution is 2.13. The quantitative estimate of drug-likeness (QED) is 0.102. The van der Waals surface area contributed by atoms with Crippen LogP contribution >= 0.6 is 11.6 Å². The maximum absolute atomic E-state index is 13.3. The average Bonchev–Trinajstić information content (AvgIpc) is 2.95. The highest BCUT2D eigenvalue weighted by molar-refractivity contribution is 7.96. The normalized spacial score (nSPS) is 14.1. The first-order valence-corrected chi connectivity index (χ1v) is 16.2. The lowest BCUT2D eigenvalue weighted by Crippen LogP contribution is -2.58. The predicted molar refractivity (Wildman–Crippen MR) is 164 cm³/mol. The Morgan fingerprint density at radius 2 is 1.38 bits per heavy atom. The molecule has 19 heteroatoms. The van der Waals surface area contributed by atoms with Crippen molar-refractivity contribution in [1.82, 2.24) is 21.3 Å². The molecular formula is C28H37ClN4O13S. The van der Waals surface area contributed by atoms with E-state index < -0.39 is 112 Å². The van der Waals surface area contributed by atoms with E-state index in [1.54, 1.807) is 30.3 Å². The first-order chi connectivity index (χ1) is 21.8. The van der Waals surface area contributed by atoms with Gasteiger partial charge in [-0.15, -0.1) is 0 Å². The molecule has 0 radical (unpaired) electrons. The molecule has 4 atom stereocenters. The Labute approximate surface area is 275 Å². The lowest BCUT2D eigenvalue weighted by atomic mass is 10.0. The monoisotopic (exact) mass is 704 g/mol. The van der Waals surface area contributed by atoms with E-state index in [1.165, 1.54) is 13.8 Å². The number of aliphatic carboxylic acids is 3. The summed E-state index contributed by atoms with van der Waals surface area (Å²) in [7, 11) is -3.95. The minimum Gasteiger partial charge on any atom is -0.481 e. The van der Waals surface area contributed by atoms with Gasteiger partial charge in [0, 0.05) is 12.7 Å². The molecule has 0 aliphatic carbocycles. The van der Waals surface area contributed by atoms with Gasteiger partial charge >= 0.3 is 24.0 Å². The molecule has 7 N–H and O–H groups in total. The molecule has 17 nitrogen and oxygen atoms in total. The average molecular weight is 705 g/mol. The largest absolute Gasteiger partial charge is 0.481 e. The van der Waals surface area contributed by atoms with E-state index in [4.69, 9.17) is 16.3 Å². The van der Waals surface area contributed by atoms with Gasteiger partial charge < -0.3 is 41.3 Å². The number of hydrogen-bond donors (Lipinski definition) is 7. The summed E-state index contributed by atoms with van der Waals surface area (Å²) in [6.45, 7) is 2.78. The standard InChI is InChI=1S/C28H37ClN4O13S/c1-15(2)24(27(42)30-17(12-22(36)37)11-20(29)47(3,44)45)33-25(40)18(9-10-21(34)35)31-26(41)19(13-23(38)39)32-28(43)46-14-16-7-5-4-6-8-16/h4-8,11,15,17-19,24H,9-10,12-14H2,1-3H3,(H,30,42)(H,31,41)(H,32,43)(H,33,40)(H,34,35)(H,36,37)(H,38,39)/b20-11+/t17-,18+,19+,24-/m1/s1. The predicted octanol–water partition coefficient (Wildman–Crippen LogP) is 0.331. The van der Waals surface area contributed by atoms with Crippen molar-refractivity contribution in [2.45, 2.75) is 70.3 Å². The second-order valence-corrected chi connectivity index (χ2v) is 13.2. The molecule has 0 spiro atoms.